The molecule has 0 unspecified atom stereocenters. The van der Waals surface area contributed by atoms with E-state index in [-0.39, 0.29) is 12.0 Å². The van der Waals surface area contributed by atoms with Crippen molar-refractivity contribution < 1.29 is 19.4 Å². The van der Waals surface area contributed by atoms with Crippen LogP contribution in [0.15, 0.2) is 12.1 Å². The van der Waals surface area contributed by atoms with Crippen molar-refractivity contribution in [1.82, 2.24) is 10.3 Å². The number of hydrogen-bond acceptors (Lipinski definition) is 4. The van der Waals surface area contributed by atoms with Crippen LogP contribution >= 0.6 is 0 Å². The molecule has 1 amide bonds. The highest BCUT2D eigenvalue weighted by atomic mass is 16.5. The van der Waals surface area contributed by atoms with Crippen LogP contribution in [0, 0.1) is 0 Å². The first kappa shape index (κ1) is 15.0. The lowest BCUT2D eigenvalue weighted by molar-refractivity contribution is -0.158. The average Bonchev–Trinajstić information content (AvgIpc) is 3.00. The number of aliphatic carboxylic acids is 1. The molecule has 1 aromatic rings. The van der Waals surface area contributed by atoms with Crippen LogP contribution in [0.2, 0.25) is 0 Å². The van der Waals surface area contributed by atoms with Gasteiger partial charge in [-0.05, 0) is 50.2 Å². The summed E-state index contributed by atoms with van der Waals surface area (Å²) in [5.41, 5.74) is 2.68. The summed E-state index contributed by atoms with van der Waals surface area (Å²) in [5.74, 6) is -1.16. The summed E-state index contributed by atoms with van der Waals surface area (Å²) < 4.78 is 5.47. The number of ether oxygens (including phenoxy) is 1. The van der Waals surface area contributed by atoms with Gasteiger partial charge < -0.3 is 15.2 Å². The first-order valence-corrected chi connectivity index (χ1v) is 7.79. The van der Waals surface area contributed by atoms with E-state index < -0.39 is 12.1 Å². The number of hydrogen-bond donors (Lipinski definition) is 2. The zero-order valence-corrected chi connectivity index (χ0v) is 12.4. The molecule has 0 bridgehead atoms. The molecule has 3 rings (SSSR count). The van der Waals surface area contributed by atoms with E-state index in [1.54, 1.807) is 6.07 Å². The number of aromatic nitrogens is 1. The van der Waals surface area contributed by atoms with E-state index in [1.165, 1.54) is 5.56 Å². The normalized spacial score (nSPS) is 23.8. The fourth-order valence-corrected chi connectivity index (χ4v) is 3.08. The predicted octanol–water partition coefficient (Wildman–Crippen LogP) is 1.32. The molecule has 0 radical (unpaired) electrons. The van der Waals surface area contributed by atoms with E-state index >= 15 is 0 Å². The van der Waals surface area contributed by atoms with Crippen LogP contribution in [0.25, 0.3) is 0 Å². The molecule has 1 saturated heterocycles. The second kappa shape index (κ2) is 6.44. The second-order valence-electron chi connectivity index (χ2n) is 5.88. The third kappa shape index (κ3) is 3.27. The van der Waals surface area contributed by atoms with Gasteiger partial charge in [0.05, 0.1) is 6.10 Å². The Balaban J connectivity index is 1.55. The van der Waals surface area contributed by atoms with Crippen molar-refractivity contribution in [3.63, 3.8) is 0 Å². The number of nitrogens with zero attached hydrogens (tertiary/aromatic N) is 1. The van der Waals surface area contributed by atoms with Crippen molar-refractivity contribution in [2.24, 2.45) is 0 Å². The number of carboxylic acids is 1. The maximum atomic E-state index is 12.2. The van der Waals surface area contributed by atoms with Crippen LogP contribution in [0.1, 0.15) is 47.4 Å². The second-order valence-corrected chi connectivity index (χ2v) is 5.88. The van der Waals surface area contributed by atoms with Gasteiger partial charge in [-0.1, -0.05) is 6.07 Å². The van der Waals surface area contributed by atoms with Gasteiger partial charge in [0.25, 0.3) is 5.91 Å². The Bertz CT molecular complexity index is 588. The molecule has 22 heavy (non-hydrogen) atoms. The van der Waals surface area contributed by atoms with Crippen LogP contribution < -0.4 is 5.32 Å². The van der Waals surface area contributed by atoms with Gasteiger partial charge in [-0.3, -0.25) is 4.79 Å². The largest absolute Gasteiger partial charge is 0.479 e. The molecule has 1 aromatic heterocycles. The van der Waals surface area contributed by atoms with E-state index in [0.29, 0.717) is 18.7 Å². The van der Waals surface area contributed by atoms with E-state index in [1.807, 2.05) is 6.07 Å². The molecule has 6 nitrogen and oxygen atoms in total. The molecule has 118 valence electrons. The Morgan fingerprint density at radius 1 is 1.27 bits per heavy atom. The summed E-state index contributed by atoms with van der Waals surface area (Å²) in [7, 11) is 0. The van der Waals surface area contributed by atoms with Crippen LogP contribution in [0.3, 0.4) is 0 Å². The van der Waals surface area contributed by atoms with Crippen LogP contribution in [-0.2, 0) is 22.4 Å². The number of amides is 1. The minimum absolute atomic E-state index is 0.226. The summed E-state index contributed by atoms with van der Waals surface area (Å²) in [4.78, 5) is 27.5. The van der Waals surface area contributed by atoms with Crippen LogP contribution in [-0.4, -0.2) is 40.7 Å². The summed E-state index contributed by atoms with van der Waals surface area (Å²) in [5, 5.41) is 11.8. The summed E-state index contributed by atoms with van der Waals surface area (Å²) in [6.45, 7) is 0.321. The standard InChI is InChI=1S/C16H20N2O4/c19-15(13-8-7-10-3-1-5-12(10)18-13)17-9-11-4-2-6-14(22-11)16(20)21/h7-8,11,14H,1-6,9H2,(H,17,19)(H,20,21)/t11-,14+/m1/s1. The Labute approximate surface area is 128 Å². The molecule has 0 saturated carbocycles. The van der Waals surface area contributed by atoms with Gasteiger partial charge in [-0.2, -0.15) is 0 Å². The Morgan fingerprint density at radius 2 is 2.14 bits per heavy atom. The molecule has 0 spiro atoms. The molecule has 1 fully saturated rings. The fourth-order valence-electron chi connectivity index (χ4n) is 3.08. The van der Waals surface area contributed by atoms with E-state index in [9.17, 15) is 9.59 Å². The Hall–Kier alpha value is -1.95. The minimum Gasteiger partial charge on any atom is -0.479 e. The van der Waals surface area contributed by atoms with Crippen LogP contribution in [0.5, 0.6) is 0 Å². The van der Waals surface area contributed by atoms with E-state index in [2.05, 4.69) is 10.3 Å². The minimum atomic E-state index is -0.934. The lowest BCUT2D eigenvalue weighted by Gasteiger charge is -2.27. The highest BCUT2D eigenvalue weighted by molar-refractivity contribution is 5.92. The molecule has 2 heterocycles. The quantitative estimate of drug-likeness (QED) is 0.876. The third-order valence-electron chi connectivity index (χ3n) is 4.28. The predicted molar refractivity (Wildman–Crippen MR) is 78.7 cm³/mol. The van der Waals surface area contributed by atoms with Crippen molar-refractivity contribution in [1.29, 1.82) is 0 Å². The van der Waals surface area contributed by atoms with Gasteiger partial charge in [-0.15, -0.1) is 0 Å². The van der Waals surface area contributed by atoms with Crippen molar-refractivity contribution in [3.05, 3.63) is 29.1 Å². The van der Waals surface area contributed by atoms with Crippen molar-refractivity contribution >= 4 is 11.9 Å². The van der Waals surface area contributed by atoms with Gasteiger partial charge in [0, 0.05) is 12.2 Å². The van der Waals surface area contributed by atoms with Gasteiger partial charge in [-0.25, -0.2) is 9.78 Å². The molecular formula is C16H20N2O4. The van der Waals surface area contributed by atoms with Gasteiger partial charge in [0.2, 0.25) is 0 Å². The molecule has 0 aromatic carbocycles. The van der Waals surface area contributed by atoms with Gasteiger partial charge in [0.1, 0.15) is 5.69 Å². The molecule has 1 aliphatic carbocycles. The lowest BCUT2D eigenvalue weighted by Crippen LogP contribution is -2.40. The van der Waals surface area contributed by atoms with Crippen molar-refractivity contribution in [2.45, 2.75) is 50.7 Å². The first-order chi connectivity index (χ1) is 10.6. The Kier molecular flexibility index (Phi) is 4.38. The van der Waals surface area contributed by atoms with Crippen molar-refractivity contribution in [3.8, 4) is 0 Å². The highest BCUT2D eigenvalue weighted by Gasteiger charge is 2.27. The van der Waals surface area contributed by atoms with E-state index in [4.69, 9.17) is 9.84 Å². The number of rotatable bonds is 4. The molecule has 6 heteroatoms. The molecular weight excluding hydrogens is 284 g/mol. The van der Waals surface area contributed by atoms with Crippen LogP contribution in [0.4, 0.5) is 0 Å². The number of nitrogens with one attached hydrogen (secondary N) is 1. The average molecular weight is 304 g/mol. The molecule has 1 aliphatic heterocycles. The van der Waals surface area contributed by atoms with Crippen molar-refractivity contribution in [2.75, 3.05) is 6.54 Å². The zero-order valence-electron chi connectivity index (χ0n) is 12.4. The lowest BCUT2D eigenvalue weighted by atomic mass is 10.0. The third-order valence-corrected chi connectivity index (χ3v) is 4.28. The number of carbonyl (C=O) groups is 2. The molecule has 2 aliphatic rings. The number of carboxylic acid groups (broad SMARTS) is 1. The fraction of sp³-hybridized carbons (Fsp3) is 0.562. The summed E-state index contributed by atoms with van der Waals surface area (Å²) in [6.07, 6.45) is 4.17. The number of pyridine rings is 1. The molecule has 2 N–H and O–H groups in total. The monoisotopic (exact) mass is 304 g/mol. The highest BCUT2D eigenvalue weighted by Crippen LogP contribution is 2.20. The molecule has 2 atom stereocenters. The summed E-state index contributed by atoms with van der Waals surface area (Å²) in [6, 6.07) is 3.73. The number of fused-ring (bicyclic) bond motifs is 1. The maximum Gasteiger partial charge on any atom is 0.332 e. The maximum absolute atomic E-state index is 12.2. The zero-order chi connectivity index (χ0) is 15.5. The first-order valence-electron chi connectivity index (χ1n) is 7.79. The smallest absolute Gasteiger partial charge is 0.332 e. The number of carbonyl (C=O) groups excluding carboxylic acids is 1. The van der Waals surface area contributed by atoms with Gasteiger partial charge in [0.15, 0.2) is 6.10 Å². The number of aryl methyl sites for hydroxylation is 2. The van der Waals surface area contributed by atoms with E-state index in [0.717, 1.165) is 37.8 Å². The van der Waals surface area contributed by atoms with Gasteiger partial charge >= 0.3 is 5.97 Å². The summed E-state index contributed by atoms with van der Waals surface area (Å²) >= 11 is 0. The topological polar surface area (TPSA) is 88.5 Å². The SMILES string of the molecule is O=C(NC[C@H]1CCC[C@@H](C(=O)O)O1)c1ccc2c(n1)CCC2. The Morgan fingerprint density at radius 3 is 2.95 bits per heavy atom.